The second-order valence-electron chi connectivity index (χ2n) is 0. The summed E-state index contributed by atoms with van der Waals surface area (Å²) in [6.07, 6.45) is 0. The lowest BCUT2D eigenvalue weighted by Gasteiger charge is -0.148. The highest BCUT2D eigenvalue weighted by Gasteiger charge is 0.0000371. The molecule has 0 atom stereocenters. The van der Waals surface area contributed by atoms with Gasteiger partial charge in [-0.05, 0) is 0 Å². The van der Waals surface area contributed by atoms with E-state index in [0.717, 1.165) is 0 Å². The molecule has 0 heterocycles. The van der Waals surface area contributed by atoms with Crippen LogP contribution < -0.4 is 0 Å². The smallest absolute Gasteiger partial charge is 0 e. The fourth-order valence-electron chi connectivity index (χ4n) is 0. The summed E-state index contributed by atoms with van der Waals surface area (Å²) in [6.45, 7) is 0. The van der Waals surface area contributed by atoms with Gasteiger partial charge in [0.2, 0.25) is 0 Å². The van der Waals surface area contributed by atoms with Crippen LogP contribution in [0.3, 0.4) is 0 Å². The first kappa shape index (κ1) is 94.1. The van der Waals surface area contributed by atoms with Crippen LogP contribution in [0.25, 0.3) is 0 Å². The normalized spacial score (nSPS) is 0. The summed E-state index contributed by atoms with van der Waals surface area (Å²) in [7, 11) is 0. The van der Waals surface area contributed by atoms with Crippen LogP contribution in [0.2, 0.25) is 0 Å². The highest BCUT2D eigenvalue weighted by atomic mass is 79.9. The average Bonchev–Trinajstić information content (AvgIpc) is 0. The number of halogens is 5. The monoisotopic (exact) mass is 255 g/mol. The summed E-state index contributed by atoms with van der Waals surface area (Å²) >= 11 is 0. The standard InChI is InChI=1S/BrH.4ClH.P/h5*1H;. The molecule has 0 rings (SSSR count). The minimum absolute atomic E-state index is 0. The van der Waals surface area contributed by atoms with E-state index in [4.69, 9.17) is 0 Å². The zero-order valence-electron chi connectivity index (χ0n) is 2.49. The van der Waals surface area contributed by atoms with E-state index in [1.54, 1.807) is 0 Å². The lowest BCUT2D eigenvalue weighted by Crippen LogP contribution is 0.689. The lowest BCUT2D eigenvalue weighted by molar-refractivity contribution is 5.85. The van der Waals surface area contributed by atoms with Crippen LogP contribution in [0.15, 0.2) is 0 Å². The van der Waals surface area contributed by atoms with Gasteiger partial charge in [0, 0.05) is 9.90 Å². The quantitative estimate of drug-likeness (QED) is 0.585. The third kappa shape index (κ3) is 36.4. The largest absolute Gasteiger partial charge is 0.147 e. The molecule has 3 radical (unpaired) electrons. The van der Waals surface area contributed by atoms with Gasteiger partial charge in [-0.3, -0.25) is 0 Å². The van der Waals surface area contributed by atoms with Crippen molar-refractivity contribution in [1.29, 1.82) is 0 Å². The zero-order valence-corrected chi connectivity index (χ0v) is 8.36. The fourth-order valence-corrected chi connectivity index (χ4v) is 0. The summed E-state index contributed by atoms with van der Waals surface area (Å²) in [4.78, 5) is 0. The van der Waals surface area contributed by atoms with Crippen LogP contribution in [0.5, 0.6) is 0 Å². The van der Waals surface area contributed by atoms with Gasteiger partial charge in [0.15, 0.2) is 0 Å². The minimum Gasteiger partial charge on any atom is -0.147 e. The predicted octanol–water partition coefficient (Wildman–Crippen LogP) is 3.13. The lowest BCUT2D eigenvalue weighted by atomic mass is 31.0. The molecule has 0 aliphatic heterocycles. The van der Waals surface area contributed by atoms with E-state index >= 15 is 0 Å². The molecule has 0 unspecified atom stereocenters. The van der Waals surface area contributed by atoms with Crippen LogP contribution in [0, 0.1) is 0 Å². The van der Waals surface area contributed by atoms with Crippen molar-refractivity contribution in [3.63, 3.8) is 0 Å². The second-order valence-corrected chi connectivity index (χ2v) is 0. The molecule has 0 nitrogen and oxygen atoms in total. The third-order valence-corrected chi connectivity index (χ3v) is 0. The van der Waals surface area contributed by atoms with E-state index in [2.05, 4.69) is 0 Å². The molecule has 0 aliphatic carbocycles. The molecular weight excluding hydrogens is 253 g/mol. The van der Waals surface area contributed by atoms with Gasteiger partial charge >= 0.3 is 0 Å². The molecule has 45 valence electrons. The maximum Gasteiger partial charge on any atom is 0 e. The van der Waals surface area contributed by atoms with E-state index in [1.807, 2.05) is 0 Å². The zero-order chi connectivity index (χ0) is 0. The van der Waals surface area contributed by atoms with Crippen molar-refractivity contribution in [3.8, 4) is 0 Å². The molecule has 0 aliphatic rings. The Morgan fingerprint density at radius 1 is 0.500 bits per heavy atom. The molecule has 0 saturated heterocycles. The van der Waals surface area contributed by atoms with Crippen LogP contribution in [-0.2, 0) is 0 Å². The van der Waals surface area contributed by atoms with Gasteiger partial charge in [0.25, 0.3) is 0 Å². The van der Waals surface area contributed by atoms with Crippen LogP contribution in [0.4, 0.5) is 0 Å². The Balaban J connectivity index is 0. The van der Waals surface area contributed by atoms with Crippen molar-refractivity contribution in [1.82, 2.24) is 0 Å². The van der Waals surface area contributed by atoms with Crippen molar-refractivity contribution in [3.05, 3.63) is 0 Å². The molecule has 0 aromatic carbocycles. The molecule has 0 spiro atoms. The molecular formula is H5BrCl4P. The van der Waals surface area contributed by atoms with Crippen LogP contribution in [-0.4, -0.2) is 0 Å². The second kappa shape index (κ2) is 60.8. The Kier molecular flexibility index (Phi) is 954. The van der Waals surface area contributed by atoms with E-state index in [9.17, 15) is 0 Å². The fraction of sp³-hybridized carbons (Fsp3) is 0. The molecule has 6 heavy (non-hydrogen) atoms. The topological polar surface area (TPSA) is 0 Å². The van der Waals surface area contributed by atoms with Crippen molar-refractivity contribution in [2.24, 2.45) is 0 Å². The molecule has 0 saturated carbocycles. The molecule has 0 N–H and O–H groups in total. The van der Waals surface area contributed by atoms with Gasteiger partial charge in [-0.25, -0.2) is 0 Å². The number of hydrogen-bond acceptors (Lipinski definition) is 0. The summed E-state index contributed by atoms with van der Waals surface area (Å²) in [5.74, 6) is 0. The Morgan fingerprint density at radius 2 is 0.500 bits per heavy atom. The van der Waals surface area contributed by atoms with Crippen LogP contribution >= 0.6 is 76.5 Å². The van der Waals surface area contributed by atoms with E-state index < -0.39 is 0 Å². The highest BCUT2D eigenvalue weighted by molar-refractivity contribution is 8.93. The average molecular weight is 258 g/mol. The van der Waals surface area contributed by atoms with Gasteiger partial charge in [-0.2, -0.15) is 0 Å². The van der Waals surface area contributed by atoms with Crippen molar-refractivity contribution in [2.75, 3.05) is 0 Å². The minimum atomic E-state index is 0. The summed E-state index contributed by atoms with van der Waals surface area (Å²) in [6, 6.07) is 0. The first-order valence-electron chi connectivity index (χ1n) is 0. The number of rotatable bonds is 0. The first-order valence-corrected chi connectivity index (χ1v) is 0. The van der Waals surface area contributed by atoms with E-state index in [-0.39, 0.29) is 76.5 Å². The van der Waals surface area contributed by atoms with Gasteiger partial charge in [-0.1, -0.05) is 0 Å². The number of hydrogen-bond donors (Lipinski definition) is 0. The van der Waals surface area contributed by atoms with Crippen molar-refractivity contribution in [2.45, 2.75) is 0 Å². The molecule has 0 aromatic rings. The highest BCUT2D eigenvalue weighted by Crippen LogP contribution is 0.861. The first-order chi connectivity index (χ1) is 0. The van der Waals surface area contributed by atoms with E-state index in [0.29, 0.717) is 0 Å². The summed E-state index contributed by atoms with van der Waals surface area (Å²) in [5, 5.41) is 0. The molecule has 0 bridgehead atoms. The summed E-state index contributed by atoms with van der Waals surface area (Å²) in [5.41, 5.74) is 0. The Labute approximate surface area is 76.2 Å². The van der Waals surface area contributed by atoms with Gasteiger partial charge in [0.05, 0.1) is 0 Å². The molecule has 6 heteroatoms. The SMILES string of the molecule is Br.Cl.Cl.Cl.Cl.[P]. The molecule has 0 aromatic heterocycles. The maximum atomic E-state index is 0. The Bertz CT molecular complexity index is 7.51. The van der Waals surface area contributed by atoms with Gasteiger partial charge in [-0.15, -0.1) is 66.6 Å². The van der Waals surface area contributed by atoms with Gasteiger partial charge < -0.3 is 0 Å². The summed E-state index contributed by atoms with van der Waals surface area (Å²) < 4.78 is 0. The predicted molar refractivity (Wildman–Crippen MR) is 46.2 cm³/mol. The van der Waals surface area contributed by atoms with Crippen molar-refractivity contribution >= 4 is 76.5 Å². The Morgan fingerprint density at radius 3 is 0.500 bits per heavy atom. The van der Waals surface area contributed by atoms with Gasteiger partial charge in [0.1, 0.15) is 0 Å². The van der Waals surface area contributed by atoms with E-state index in [1.165, 1.54) is 0 Å². The van der Waals surface area contributed by atoms with Crippen LogP contribution in [0.1, 0.15) is 0 Å². The maximum absolute atomic E-state index is 0. The van der Waals surface area contributed by atoms with Crippen molar-refractivity contribution < 1.29 is 0 Å². The third-order valence-electron chi connectivity index (χ3n) is 0. The Hall–Kier alpha value is 2.07. The molecule has 0 amide bonds. The molecule has 0 fully saturated rings.